The van der Waals surface area contributed by atoms with E-state index in [0.717, 1.165) is 13.0 Å². The summed E-state index contributed by atoms with van der Waals surface area (Å²) in [5, 5.41) is 3.61. The van der Waals surface area contributed by atoms with Crippen molar-refractivity contribution in [2.24, 2.45) is 5.41 Å². The minimum atomic E-state index is 0.109. The number of amides is 1. The first-order chi connectivity index (χ1) is 8.69. The zero-order chi connectivity index (χ0) is 12.6. The average molecular weight is 250 g/mol. The van der Waals surface area contributed by atoms with Crippen molar-refractivity contribution in [2.75, 3.05) is 13.6 Å². The van der Waals surface area contributed by atoms with Crippen molar-refractivity contribution in [3.63, 3.8) is 0 Å². The van der Waals surface area contributed by atoms with Crippen LogP contribution in [0.4, 0.5) is 0 Å². The number of rotatable bonds is 2. The molecule has 1 unspecified atom stereocenters. The van der Waals surface area contributed by atoms with Crippen LogP contribution in [0.2, 0.25) is 0 Å². The molecule has 1 spiro atoms. The first-order valence-electron chi connectivity index (χ1n) is 7.70. The van der Waals surface area contributed by atoms with E-state index in [1.807, 2.05) is 11.9 Å². The molecule has 3 rings (SSSR count). The van der Waals surface area contributed by atoms with Crippen molar-refractivity contribution in [3.05, 3.63) is 0 Å². The Morgan fingerprint density at radius 3 is 2.33 bits per heavy atom. The van der Waals surface area contributed by atoms with Crippen LogP contribution < -0.4 is 5.32 Å². The highest BCUT2D eigenvalue weighted by molar-refractivity contribution is 5.83. The zero-order valence-corrected chi connectivity index (χ0v) is 11.6. The van der Waals surface area contributed by atoms with Gasteiger partial charge in [-0.3, -0.25) is 4.79 Å². The number of nitrogens with one attached hydrogen (secondary N) is 1. The fourth-order valence-corrected chi connectivity index (χ4v) is 4.28. The molecule has 2 saturated carbocycles. The Kier molecular flexibility index (Phi) is 3.35. The van der Waals surface area contributed by atoms with Crippen molar-refractivity contribution in [3.8, 4) is 0 Å². The second-order valence-corrected chi connectivity index (χ2v) is 6.75. The highest BCUT2D eigenvalue weighted by Crippen LogP contribution is 2.48. The van der Waals surface area contributed by atoms with Crippen LogP contribution >= 0.6 is 0 Å². The van der Waals surface area contributed by atoms with Gasteiger partial charge in [0.15, 0.2) is 0 Å². The zero-order valence-electron chi connectivity index (χ0n) is 11.6. The Morgan fingerprint density at radius 2 is 1.78 bits per heavy atom. The van der Waals surface area contributed by atoms with E-state index in [9.17, 15) is 4.79 Å². The van der Waals surface area contributed by atoms with Gasteiger partial charge in [0, 0.05) is 19.6 Å². The Balaban J connectivity index is 1.50. The summed E-state index contributed by atoms with van der Waals surface area (Å²) < 4.78 is 0. The number of carbonyl (C=O) groups excluding carboxylic acids is 1. The smallest absolute Gasteiger partial charge is 0.239 e. The number of likely N-dealkylation sites (N-methyl/N-ethyl adjacent to an activating group) is 1. The van der Waals surface area contributed by atoms with E-state index in [4.69, 9.17) is 0 Å². The third kappa shape index (κ3) is 2.29. The monoisotopic (exact) mass is 250 g/mol. The van der Waals surface area contributed by atoms with Crippen LogP contribution in [0.25, 0.3) is 0 Å². The molecule has 1 atom stereocenters. The minimum Gasteiger partial charge on any atom is -0.344 e. The molecular formula is C15H26N2O. The van der Waals surface area contributed by atoms with E-state index < -0.39 is 0 Å². The first kappa shape index (κ1) is 12.5. The average Bonchev–Trinajstić information content (AvgIpc) is 2.95. The van der Waals surface area contributed by atoms with E-state index in [1.165, 1.54) is 51.4 Å². The maximum Gasteiger partial charge on any atom is 0.239 e. The molecule has 3 nitrogen and oxygen atoms in total. The van der Waals surface area contributed by atoms with E-state index in [1.54, 1.807) is 0 Å². The van der Waals surface area contributed by atoms with Gasteiger partial charge in [-0.1, -0.05) is 12.8 Å². The van der Waals surface area contributed by atoms with Gasteiger partial charge in [-0.15, -0.1) is 0 Å². The third-order valence-electron chi connectivity index (χ3n) is 5.57. The Bertz CT molecular complexity index is 312. The Hall–Kier alpha value is -0.570. The van der Waals surface area contributed by atoms with Crippen LogP contribution in [-0.2, 0) is 4.79 Å². The SMILES string of the molecule is CN1CCC(NC2CCC3(CCCC3)CC2)C1=O. The summed E-state index contributed by atoms with van der Waals surface area (Å²) in [5.41, 5.74) is 0.703. The lowest BCUT2D eigenvalue weighted by Crippen LogP contribution is -2.45. The molecule has 2 aliphatic carbocycles. The molecule has 18 heavy (non-hydrogen) atoms. The van der Waals surface area contributed by atoms with Gasteiger partial charge >= 0.3 is 0 Å². The predicted molar refractivity (Wildman–Crippen MR) is 72.3 cm³/mol. The lowest BCUT2D eigenvalue weighted by molar-refractivity contribution is -0.128. The maximum absolute atomic E-state index is 11.9. The molecule has 1 aliphatic heterocycles. The molecule has 1 heterocycles. The Labute approximate surface area is 110 Å². The fraction of sp³-hybridized carbons (Fsp3) is 0.933. The molecule has 3 heteroatoms. The van der Waals surface area contributed by atoms with Crippen molar-refractivity contribution in [1.29, 1.82) is 0 Å². The Morgan fingerprint density at radius 1 is 1.11 bits per heavy atom. The van der Waals surface area contributed by atoms with Crippen molar-refractivity contribution in [2.45, 2.75) is 69.9 Å². The van der Waals surface area contributed by atoms with Crippen molar-refractivity contribution < 1.29 is 4.79 Å². The van der Waals surface area contributed by atoms with Gasteiger partial charge in [0.05, 0.1) is 6.04 Å². The van der Waals surface area contributed by atoms with E-state index in [0.29, 0.717) is 17.4 Å². The summed E-state index contributed by atoms with van der Waals surface area (Å²) in [6.07, 6.45) is 12.2. The van der Waals surface area contributed by atoms with Crippen LogP contribution in [-0.4, -0.2) is 36.5 Å². The highest BCUT2D eigenvalue weighted by Gasteiger charge is 2.39. The molecule has 0 bridgehead atoms. The number of hydrogen-bond donors (Lipinski definition) is 1. The van der Waals surface area contributed by atoms with Crippen LogP contribution in [0, 0.1) is 5.41 Å². The summed E-state index contributed by atoms with van der Waals surface area (Å²) in [6, 6.07) is 0.703. The lowest BCUT2D eigenvalue weighted by Gasteiger charge is -2.38. The van der Waals surface area contributed by atoms with Gasteiger partial charge in [0.1, 0.15) is 0 Å². The summed E-state index contributed by atoms with van der Waals surface area (Å²) in [7, 11) is 1.92. The normalized spacial score (nSPS) is 32.6. The molecule has 3 fully saturated rings. The van der Waals surface area contributed by atoms with Gasteiger partial charge in [-0.2, -0.15) is 0 Å². The van der Waals surface area contributed by atoms with Crippen molar-refractivity contribution in [1.82, 2.24) is 10.2 Å². The number of likely N-dealkylation sites (tertiary alicyclic amines) is 1. The van der Waals surface area contributed by atoms with Crippen LogP contribution in [0.1, 0.15) is 57.8 Å². The molecule has 3 aliphatic rings. The molecule has 102 valence electrons. The van der Waals surface area contributed by atoms with E-state index in [2.05, 4.69) is 5.32 Å². The second kappa shape index (κ2) is 4.84. The number of carbonyl (C=O) groups is 1. The van der Waals surface area contributed by atoms with Gasteiger partial charge in [0.2, 0.25) is 5.91 Å². The summed E-state index contributed by atoms with van der Waals surface area (Å²) in [4.78, 5) is 13.8. The molecule has 0 aromatic heterocycles. The molecule has 1 saturated heterocycles. The first-order valence-corrected chi connectivity index (χ1v) is 7.70. The van der Waals surface area contributed by atoms with Gasteiger partial charge in [-0.25, -0.2) is 0 Å². The van der Waals surface area contributed by atoms with Gasteiger partial charge in [0.25, 0.3) is 0 Å². The van der Waals surface area contributed by atoms with E-state index >= 15 is 0 Å². The summed E-state index contributed by atoms with van der Waals surface area (Å²) >= 11 is 0. The number of nitrogens with zero attached hydrogens (tertiary/aromatic N) is 1. The molecule has 0 radical (unpaired) electrons. The number of hydrogen-bond acceptors (Lipinski definition) is 2. The minimum absolute atomic E-state index is 0.109. The molecule has 0 aromatic carbocycles. The summed E-state index contributed by atoms with van der Waals surface area (Å²) in [6.45, 7) is 0.924. The van der Waals surface area contributed by atoms with Crippen molar-refractivity contribution >= 4 is 5.91 Å². The topological polar surface area (TPSA) is 32.3 Å². The highest BCUT2D eigenvalue weighted by atomic mass is 16.2. The largest absolute Gasteiger partial charge is 0.344 e. The van der Waals surface area contributed by atoms with Crippen LogP contribution in [0.3, 0.4) is 0 Å². The lowest BCUT2D eigenvalue weighted by atomic mass is 9.71. The van der Waals surface area contributed by atoms with E-state index in [-0.39, 0.29) is 6.04 Å². The fourth-order valence-electron chi connectivity index (χ4n) is 4.28. The van der Waals surface area contributed by atoms with Crippen LogP contribution in [0.15, 0.2) is 0 Å². The molecule has 0 aromatic rings. The predicted octanol–water partition coefficient (Wildman–Crippen LogP) is 2.31. The van der Waals surface area contributed by atoms with Crippen LogP contribution in [0.5, 0.6) is 0 Å². The molecular weight excluding hydrogens is 224 g/mol. The molecule has 1 amide bonds. The second-order valence-electron chi connectivity index (χ2n) is 6.75. The standard InChI is InChI=1S/C15H26N2O/c1-17-11-6-13(14(17)18)16-12-4-9-15(10-5-12)7-2-3-8-15/h12-13,16H,2-11H2,1H3. The third-order valence-corrected chi connectivity index (χ3v) is 5.57. The summed E-state index contributed by atoms with van der Waals surface area (Å²) in [5.74, 6) is 0.302. The van der Waals surface area contributed by atoms with Gasteiger partial charge in [-0.05, 0) is 50.4 Å². The molecule has 1 N–H and O–H groups in total. The quantitative estimate of drug-likeness (QED) is 0.815. The van der Waals surface area contributed by atoms with Gasteiger partial charge < -0.3 is 10.2 Å². The maximum atomic E-state index is 11.9.